The summed E-state index contributed by atoms with van der Waals surface area (Å²) in [7, 11) is 0. The first kappa shape index (κ1) is 12.5. The second-order valence-electron chi connectivity index (χ2n) is 4.25. The van der Waals surface area contributed by atoms with E-state index in [2.05, 4.69) is 21.9 Å². The minimum atomic E-state index is -0.324. The number of unbranched alkanes of at least 4 members (excludes halogenated alkanes) is 2. The van der Waals surface area contributed by atoms with E-state index in [4.69, 9.17) is 0 Å². The molecule has 0 bridgehead atoms. The van der Waals surface area contributed by atoms with Gasteiger partial charge in [-0.2, -0.15) is 4.98 Å². The molecule has 0 fully saturated rings. The maximum atomic E-state index is 11.5. The number of aromatic amines is 1. The molecule has 1 aromatic heterocycles. The smallest absolute Gasteiger partial charge is 0.294 e. The van der Waals surface area contributed by atoms with E-state index in [1.807, 2.05) is 30.3 Å². The van der Waals surface area contributed by atoms with Gasteiger partial charge in [0.1, 0.15) is 5.82 Å². The van der Waals surface area contributed by atoms with Gasteiger partial charge in [-0.15, -0.1) is 0 Å². The van der Waals surface area contributed by atoms with Crippen LogP contribution >= 0.6 is 0 Å². The Morgan fingerprint density at radius 1 is 1.11 bits per heavy atom. The summed E-state index contributed by atoms with van der Waals surface area (Å²) in [6.07, 6.45) is 4.14. The molecular formula is C14H17N3O. The molecule has 94 valence electrons. The van der Waals surface area contributed by atoms with Crippen LogP contribution in [0.2, 0.25) is 0 Å². The van der Waals surface area contributed by atoms with Crippen molar-refractivity contribution in [3.63, 3.8) is 0 Å². The van der Waals surface area contributed by atoms with E-state index in [1.54, 1.807) is 0 Å². The number of aryl methyl sites for hydroxylation is 1. The highest BCUT2D eigenvalue weighted by Gasteiger charge is 2.04. The molecule has 1 N–H and O–H groups in total. The van der Waals surface area contributed by atoms with Crippen molar-refractivity contribution in [2.75, 3.05) is 0 Å². The number of hydrogen-bond donors (Lipinski definition) is 1. The van der Waals surface area contributed by atoms with Crippen LogP contribution < -0.4 is 5.69 Å². The van der Waals surface area contributed by atoms with Gasteiger partial charge < -0.3 is 0 Å². The van der Waals surface area contributed by atoms with Gasteiger partial charge >= 0.3 is 5.69 Å². The van der Waals surface area contributed by atoms with Crippen LogP contribution in [0.1, 0.15) is 32.0 Å². The highest BCUT2D eigenvalue weighted by atomic mass is 16.1. The summed E-state index contributed by atoms with van der Waals surface area (Å²) in [6.45, 7) is 2.15. The molecule has 0 aliphatic carbocycles. The van der Waals surface area contributed by atoms with Gasteiger partial charge in [0.05, 0.1) is 0 Å². The zero-order valence-electron chi connectivity index (χ0n) is 10.5. The topological polar surface area (TPSA) is 58.6 Å². The fraction of sp³-hybridized carbons (Fsp3) is 0.357. The number of nitrogens with zero attached hydrogens (tertiary/aromatic N) is 2. The molecule has 0 aliphatic rings. The van der Waals surface area contributed by atoms with E-state index in [0.29, 0.717) is 5.82 Å². The third kappa shape index (κ3) is 3.26. The van der Waals surface area contributed by atoms with Crippen molar-refractivity contribution in [1.82, 2.24) is 15.0 Å². The fourth-order valence-corrected chi connectivity index (χ4v) is 1.81. The third-order valence-corrected chi connectivity index (χ3v) is 2.75. The maximum absolute atomic E-state index is 11.5. The summed E-state index contributed by atoms with van der Waals surface area (Å²) in [5.41, 5.74) is 0.552. The van der Waals surface area contributed by atoms with Crippen molar-refractivity contribution in [2.45, 2.75) is 32.6 Å². The Morgan fingerprint density at radius 2 is 1.89 bits per heavy atom. The molecule has 0 aliphatic heterocycles. The van der Waals surface area contributed by atoms with Gasteiger partial charge in [0.2, 0.25) is 0 Å². The molecule has 2 rings (SSSR count). The lowest BCUT2D eigenvalue weighted by molar-refractivity contribution is 0.687. The first-order valence-electron chi connectivity index (χ1n) is 6.32. The molecule has 0 atom stereocenters. The van der Waals surface area contributed by atoms with Gasteiger partial charge in [-0.05, 0) is 6.42 Å². The van der Waals surface area contributed by atoms with Gasteiger partial charge in [0, 0.05) is 12.0 Å². The van der Waals surface area contributed by atoms with Crippen LogP contribution in [0.15, 0.2) is 35.1 Å². The van der Waals surface area contributed by atoms with Crippen molar-refractivity contribution < 1.29 is 0 Å². The molecule has 1 heterocycles. The molecule has 0 radical (unpaired) electrons. The van der Waals surface area contributed by atoms with Gasteiger partial charge in [-0.3, -0.25) is 4.98 Å². The molecule has 0 saturated carbocycles. The van der Waals surface area contributed by atoms with Crippen LogP contribution in [0.3, 0.4) is 0 Å². The predicted octanol–water partition coefficient (Wildman–Crippen LogP) is 2.56. The van der Waals surface area contributed by atoms with Gasteiger partial charge in [0.25, 0.3) is 0 Å². The lowest BCUT2D eigenvalue weighted by atomic mass is 10.2. The van der Waals surface area contributed by atoms with Gasteiger partial charge in [-0.25, -0.2) is 9.78 Å². The van der Waals surface area contributed by atoms with Crippen molar-refractivity contribution >= 4 is 0 Å². The molecule has 0 amide bonds. The van der Waals surface area contributed by atoms with Crippen molar-refractivity contribution in [2.24, 2.45) is 0 Å². The number of aromatic nitrogens is 3. The summed E-state index contributed by atoms with van der Waals surface area (Å²) in [6, 6.07) is 9.57. The Labute approximate surface area is 106 Å². The first-order chi connectivity index (χ1) is 8.79. The Kier molecular flexibility index (Phi) is 4.23. The predicted molar refractivity (Wildman–Crippen MR) is 71.3 cm³/mol. The van der Waals surface area contributed by atoms with Crippen LogP contribution in [0.5, 0.6) is 0 Å². The van der Waals surface area contributed by atoms with Crippen molar-refractivity contribution in [3.05, 3.63) is 46.6 Å². The average Bonchev–Trinajstić information content (AvgIpc) is 2.39. The molecule has 1 aromatic carbocycles. The number of H-pyrrole nitrogens is 1. The van der Waals surface area contributed by atoms with Crippen LogP contribution in [-0.2, 0) is 6.42 Å². The highest BCUT2D eigenvalue weighted by molar-refractivity contribution is 5.53. The number of benzene rings is 1. The van der Waals surface area contributed by atoms with Crippen LogP contribution in [0.25, 0.3) is 11.4 Å². The summed E-state index contributed by atoms with van der Waals surface area (Å²) < 4.78 is 0. The van der Waals surface area contributed by atoms with E-state index in [-0.39, 0.29) is 5.69 Å². The second kappa shape index (κ2) is 6.10. The summed E-state index contributed by atoms with van der Waals surface area (Å²) in [5.74, 6) is 1.23. The van der Waals surface area contributed by atoms with E-state index >= 15 is 0 Å². The van der Waals surface area contributed by atoms with E-state index in [9.17, 15) is 4.79 Å². The minimum Gasteiger partial charge on any atom is -0.294 e. The maximum Gasteiger partial charge on any atom is 0.348 e. The zero-order valence-corrected chi connectivity index (χ0v) is 10.5. The Hall–Kier alpha value is -1.97. The Bertz CT molecular complexity index is 548. The summed E-state index contributed by atoms with van der Waals surface area (Å²) in [4.78, 5) is 22.5. The molecule has 18 heavy (non-hydrogen) atoms. The van der Waals surface area contributed by atoms with E-state index in [0.717, 1.165) is 37.1 Å². The first-order valence-corrected chi connectivity index (χ1v) is 6.32. The Morgan fingerprint density at radius 3 is 2.61 bits per heavy atom. The van der Waals surface area contributed by atoms with Crippen LogP contribution in [-0.4, -0.2) is 15.0 Å². The molecule has 0 spiro atoms. The SMILES string of the molecule is CCCCCc1nc(-c2ccccc2)nc(=O)[nH]1. The molecule has 0 unspecified atom stereocenters. The van der Waals surface area contributed by atoms with E-state index < -0.39 is 0 Å². The van der Waals surface area contributed by atoms with Gasteiger partial charge in [-0.1, -0.05) is 50.1 Å². The zero-order chi connectivity index (χ0) is 12.8. The average molecular weight is 243 g/mol. The molecular weight excluding hydrogens is 226 g/mol. The normalized spacial score (nSPS) is 10.5. The van der Waals surface area contributed by atoms with Crippen LogP contribution in [0.4, 0.5) is 0 Å². The summed E-state index contributed by atoms with van der Waals surface area (Å²) in [5, 5.41) is 0. The van der Waals surface area contributed by atoms with Gasteiger partial charge in [0.15, 0.2) is 5.82 Å². The largest absolute Gasteiger partial charge is 0.348 e. The Balaban J connectivity index is 2.24. The lowest BCUT2D eigenvalue weighted by Gasteiger charge is -2.03. The molecule has 0 saturated heterocycles. The summed E-state index contributed by atoms with van der Waals surface area (Å²) >= 11 is 0. The number of hydrogen-bond acceptors (Lipinski definition) is 3. The molecule has 4 nitrogen and oxygen atoms in total. The minimum absolute atomic E-state index is 0.324. The number of nitrogens with one attached hydrogen (secondary N) is 1. The third-order valence-electron chi connectivity index (χ3n) is 2.75. The highest BCUT2D eigenvalue weighted by Crippen LogP contribution is 2.12. The number of rotatable bonds is 5. The van der Waals surface area contributed by atoms with Crippen molar-refractivity contribution in [1.29, 1.82) is 0 Å². The monoisotopic (exact) mass is 243 g/mol. The quantitative estimate of drug-likeness (QED) is 0.821. The lowest BCUT2D eigenvalue weighted by Crippen LogP contribution is -2.16. The standard InChI is InChI=1S/C14H17N3O/c1-2-3-5-10-12-15-13(17-14(18)16-12)11-8-6-4-7-9-11/h4,6-9H,2-3,5,10H2,1H3,(H,15,16,17,18). The van der Waals surface area contributed by atoms with Crippen molar-refractivity contribution in [3.8, 4) is 11.4 Å². The second-order valence-corrected chi connectivity index (χ2v) is 4.25. The van der Waals surface area contributed by atoms with Crippen LogP contribution in [0, 0.1) is 0 Å². The molecule has 2 aromatic rings. The fourth-order valence-electron chi connectivity index (χ4n) is 1.81. The molecule has 4 heteroatoms. The van der Waals surface area contributed by atoms with E-state index in [1.165, 1.54) is 0 Å².